The highest BCUT2D eigenvalue weighted by Gasteiger charge is 2.07. The van der Waals surface area contributed by atoms with E-state index in [1.807, 2.05) is 0 Å². The van der Waals surface area contributed by atoms with Crippen molar-refractivity contribution in [1.82, 2.24) is 4.98 Å². The highest BCUT2D eigenvalue weighted by atomic mass is 32.2. The van der Waals surface area contributed by atoms with E-state index in [1.54, 1.807) is 19.2 Å². The summed E-state index contributed by atoms with van der Waals surface area (Å²) in [5.74, 6) is 2.10. The van der Waals surface area contributed by atoms with E-state index in [0.717, 1.165) is 0 Å². The number of terminal acetylenes is 1. The molecule has 1 aromatic heterocycles. The Hall–Kier alpha value is -2.19. The van der Waals surface area contributed by atoms with Gasteiger partial charge in [-0.25, -0.2) is 8.60 Å². The summed E-state index contributed by atoms with van der Waals surface area (Å²) in [6, 6.07) is 7.15. The van der Waals surface area contributed by atoms with Crippen molar-refractivity contribution in [2.45, 2.75) is 11.8 Å². The van der Waals surface area contributed by atoms with Gasteiger partial charge in [0, 0.05) is 11.8 Å². The Balaban J connectivity index is 2.24. The molecule has 1 N–H and O–H groups in total. The maximum atomic E-state index is 12.8. The van der Waals surface area contributed by atoms with E-state index in [0.29, 0.717) is 21.8 Å². The predicted octanol–water partition coefficient (Wildman–Crippen LogP) is 2.65. The summed E-state index contributed by atoms with van der Waals surface area (Å²) in [6.45, 7) is 1.78. The number of halogens is 1. The number of aromatic nitrogens is 1. The molecule has 1 heterocycles. The van der Waals surface area contributed by atoms with Crippen molar-refractivity contribution in [2.75, 3.05) is 4.72 Å². The molecule has 2 aromatic rings. The molecule has 2 rings (SSSR count). The van der Waals surface area contributed by atoms with Crippen LogP contribution >= 0.6 is 0 Å². The predicted molar refractivity (Wildman–Crippen MR) is 73.3 cm³/mol. The van der Waals surface area contributed by atoms with Gasteiger partial charge in [-0.05, 0) is 37.3 Å². The number of nitrogens with one attached hydrogen (secondary N) is 1. The molecule has 19 heavy (non-hydrogen) atoms. The summed E-state index contributed by atoms with van der Waals surface area (Å²) in [4.78, 5) is 4.59. The van der Waals surface area contributed by atoms with Crippen LogP contribution in [0.1, 0.15) is 11.3 Å². The highest BCUT2D eigenvalue weighted by Crippen LogP contribution is 2.17. The van der Waals surface area contributed by atoms with Gasteiger partial charge in [-0.1, -0.05) is 5.92 Å². The van der Waals surface area contributed by atoms with E-state index in [-0.39, 0.29) is 5.82 Å². The van der Waals surface area contributed by atoms with E-state index in [9.17, 15) is 8.60 Å². The molecule has 0 spiro atoms. The van der Waals surface area contributed by atoms with Gasteiger partial charge in [0.25, 0.3) is 0 Å². The summed E-state index contributed by atoms with van der Waals surface area (Å²) in [7, 11) is -1.49. The van der Waals surface area contributed by atoms with Gasteiger partial charge in [-0.3, -0.25) is 9.71 Å². The standard InChI is InChI=1S/C14H11FN2OS/c1-3-11-8-14(10(2)16-9-11)17-19(18)13-6-4-12(15)5-7-13/h1,4-9,17H,2H3. The zero-order valence-corrected chi connectivity index (χ0v) is 11.0. The van der Waals surface area contributed by atoms with Crippen LogP contribution in [0.15, 0.2) is 41.4 Å². The second kappa shape index (κ2) is 5.63. The Kier molecular flexibility index (Phi) is 3.93. The van der Waals surface area contributed by atoms with Gasteiger partial charge in [0.05, 0.1) is 16.3 Å². The van der Waals surface area contributed by atoms with Gasteiger partial charge in [-0.15, -0.1) is 6.42 Å². The van der Waals surface area contributed by atoms with Crippen LogP contribution in [-0.2, 0) is 11.0 Å². The Labute approximate surface area is 113 Å². The summed E-state index contributed by atoms with van der Waals surface area (Å²) in [5, 5.41) is 0. The molecular formula is C14H11FN2OS. The monoisotopic (exact) mass is 274 g/mol. The molecule has 0 saturated heterocycles. The first-order valence-electron chi connectivity index (χ1n) is 5.47. The van der Waals surface area contributed by atoms with Crippen LogP contribution in [0.4, 0.5) is 10.1 Å². The normalized spacial score (nSPS) is 11.6. The molecule has 1 unspecified atom stereocenters. The van der Waals surface area contributed by atoms with Crippen LogP contribution in [0.25, 0.3) is 0 Å². The van der Waals surface area contributed by atoms with Crippen molar-refractivity contribution < 1.29 is 8.60 Å². The number of hydrogen-bond donors (Lipinski definition) is 1. The highest BCUT2D eigenvalue weighted by molar-refractivity contribution is 7.86. The van der Waals surface area contributed by atoms with Gasteiger partial charge >= 0.3 is 0 Å². The molecule has 0 aliphatic carbocycles. The zero-order chi connectivity index (χ0) is 13.8. The lowest BCUT2D eigenvalue weighted by molar-refractivity contribution is 0.626. The third kappa shape index (κ3) is 3.18. The number of benzene rings is 1. The van der Waals surface area contributed by atoms with Crippen LogP contribution in [0.3, 0.4) is 0 Å². The number of hydrogen-bond acceptors (Lipinski definition) is 2. The molecule has 0 radical (unpaired) electrons. The summed E-state index contributed by atoms with van der Waals surface area (Å²) in [6.07, 6.45) is 6.86. The molecule has 0 saturated carbocycles. The fourth-order valence-electron chi connectivity index (χ4n) is 1.43. The third-order valence-corrected chi connectivity index (χ3v) is 3.59. The molecule has 96 valence electrons. The minimum Gasteiger partial charge on any atom is -0.299 e. The average Bonchev–Trinajstić information content (AvgIpc) is 2.42. The summed E-state index contributed by atoms with van der Waals surface area (Å²) < 4.78 is 27.7. The van der Waals surface area contributed by atoms with Gasteiger partial charge in [0.2, 0.25) is 0 Å². The lowest BCUT2D eigenvalue weighted by Gasteiger charge is -2.08. The van der Waals surface area contributed by atoms with E-state index in [4.69, 9.17) is 6.42 Å². The van der Waals surface area contributed by atoms with Gasteiger partial charge < -0.3 is 0 Å². The minimum absolute atomic E-state index is 0.368. The summed E-state index contributed by atoms with van der Waals surface area (Å²) in [5.41, 5.74) is 1.89. The van der Waals surface area contributed by atoms with E-state index in [2.05, 4.69) is 15.6 Å². The maximum Gasteiger partial charge on any atom is 0.150 e. The zero-order valence-electron chi connectivity index (χ0n) is 10.2. The molecule has 0 amide bonds. The molecule has 0 fully saturated rings. The largest absolute Gasteiger partial charge is 0.299 e. The van der Waals surface area contributed by atoms with Gasteiger partial charge in [-0.2, -0.15) is 0 Å². The van der Waals surface area contributed by atoms with Crippen molar-refractivity contribution in [2.24, 2.45) is 0 Å². The lowest BCUT2D eigenvalue weighted by atomic mass is 10.2. The summed E-state index contributed by atoms with van der Waals surface area (Å²) >= 11 is 0. The smallest absolute Gasteiger partial charge is 0.150 e. The van der Waals surface area contributed by atoms with Crippen molar-refractivity contribution in [3.8, 4) is 12.3 Å². The molecule has 1 atom stereocenters. The molecule has 0 bridgehead atoms. The molecule has 0 aliphatic rings. The minimum atomic E-state index is -1.49. The van der Waals surface area contributed by atoms with Gasteiger partial charge in [0.1, 0.15) is 16.8 Å². The quantitative estimate of drug-likeness (QED) is 0.874. The van der Waals surface area contributed by atoms with Crippen LogP contribution in [-0.4, -0.2) is 9.19 Å². The third-order valence-electron chi connectivity index (χ3n) is 2.48. The second-order valence-corrected chi connectivity index (χ2v) is 5.04. The molecule has 3 nitrogen and oxygen atoms in total. The van der Waals surface area contributed by atoms with Crippen molar-refractivity contribution in [3.05, 3.63) is 53.6 Å². The first kappa shape index (κ1) is 13.2. The fraction of sp³-hybridized carbons (Fsp3) is 0.0714. The Bertz CT molecular complexity index is 662. The van der Waals surface area contributed by atoms with Crippen LogP contribution in [0.5, 0.6) is 0 Å². The van der Waals surface area contributed by atoms with E-state index < -0.39 is 11.0 Å². The first-order chi connectivity index (χ1) is 9.10. The van der Waals surface area contributed by atoms with Crippen LogP contribution in [0, 0.1) is 25.1 Å². The first-order valence-corrected chi connectivity index (χ1v) is 6.62. The topological polar surface area (TPSA) is 42.0 Å². The lowest BCUT2D eigenvalue weighted by Crippen LogP contribution is -2.07. The number of nitrogens with zero attached hydrogens (tertiary/aromatic N) is 1. The van der Waals surface area contributed by atoms with Crippen molar-refractivity contribution in [1.29, 1.82) is 0 Å². The van der Waals surface area contributed by atoms with Gasteiger partial charge in [0.15, 0.2) is 0 Å². The van der Waals surface area contributed by atoms with E-state index >= 15 is 0 Å². The van der Waals surface area contributed by atoms with Crippen LogP contribution in [0.2, 0.25) is 0 Å². The van der Waals surface area contributed by atoms with E-state index in [1.165, 1.54) is 24.3 Å². The van der Waals surface area contributed by atoms with Crippen molar-refractivity contribution >= 4 is 16.7 Å². The molecule has 0 aliphatic heterocycles. The average molecular weight is 274 g/mol. The van der Waals surface area contributed by atoms with Crippen molar-refractivity contribution in [3.63, 3.8) is 0 Å². The Morgan fingerprint density at radius 3 is 2.68 bits per heavy atom. The molecular weight excluding hydrogens is 263 g/mol. The number of pyridine rings is 1. The Morgan fingerprint density at radius 2 is 2.05 bits per heavy atom. The number of rotatable bonds is 3. The second-order valence-electron chi connectivity index (χ2n) is 3.83. The fourth-order valence-corrected chi connectivity index (χ4v) is 2.34. The number of anilines is 1. The SMILES string of the molecule is C#Cc1cnc(C)c(NS(=O)c2ccc(F)cc2)c1. The number of aryl methyl sites for hydroxylation is 1. The Morgan fingerprint density at radius 1 is 1.37 bits per heavy atom. The maximum absolute atomic E-state index is 12.8. The molecule has 1 aromatic carbocycles. The van der Waals surface area contributed by atoms with Crippen LogP contribution < -0.4 is 4.72 Å². The molecule has 5 heteroatoms.